The molecule has 1 fully saturated rings. The third kappa shape index (κ3) is 4.21. The van der Waals surface area contributed by atoms with Gasteiger partial charge < -0.3 is 9.47 Å². The second-order valence-electron chi connectivity index (χ2n) is 5.77. The molecule has 1 saturated heterocycles. The van der Waals surface area contributed by atoms with E-state index in [1.165, 1.54) is 19.3 Å². The molecule has 0 aromatic heterocycles. The average molecular weight is 304 g/mol. The summed E-state index contributed by atoms with van der Waals surface area (Å²) < 4.78 is 11.5. The van der Waals surface area contributed by atoms with Gasteiger partial charge >= 0.3 is 0 Å². The summed E-state index contributed by atoms with van der Waals surface area (Å²) in [4.78, 5) is 10.4. The molecule has 5 nitrogen and oxygen atoms in total. The number of hydrogen-bond acceptors (Lipinski definition) is 5. The fraction of sp³-hybridized carbons (Fsp3) is 0.588. The Balaban J connectivity index is 1.44. The van der Waals surface area contributed by atoms with Crippen molar-refractivity contribution in [1.29, 1.82) is 0 Å². The molecule has 3 rings (SSSR count). The molecule has 1 atom stereocenters. The summed E-state index contributed by atoms with van der Waals surface area (Å²) in [6, 6.07) is 7.70. The molecular weight excluding hydrogens is 280 g/mol. The number of fused-ring (bicyclic) bond motifs is 1. The number of rotatable bonds is 5. The predicted octanol–water partition coefficient (Wildman–Crippen LogP) is 3.05. The molecule has 0 saturated carbocycles. The summed E-state index contributed by atoms with van der Waals surface area (Å²) in [6.07, 6.45) is 4.35. The highest BCUT2D eigenvalue weighted by Crippen LogP contribution is 2.31. The van der Waals surface area contributed by atoms with Crippen LogP contribution >= 0.6 is 0 Å². The number of nitrogens with zero attached hydrogens (tertiary/aromatic N) is 2. The van der Waals surface area contributed by atoms with Crippen LogP contribution in [0, 0.1) is 0 Å². The first-order valence-corrected chi connectivity index (χ1v) is 8.11. The number of ether oxygens (including phenoxy) is 2. The Morgan fingerprint density at radius 1 is 1.23 bits per heavy atom. The Hall–Kier alpha value is -1.59. The topological polar surface area (TPSA) is 43.3 Å². The molecule has 1 unspecified atom stereocenters. The molecule has 1 aromatic rings. The van der Waals surface area contributed by atoms with Crippen LogP contribution in [0.5, 0.6) is 11.5 Å². The average Bonchev–Trinajstić information content (AvgIpc) is 2.56. The largest absolute Gasteiger partial charge is 0.484 e. The van der Waals surface area contributed by atoms with E-state index in [0.29, 0.717) is 13.2 Å². The minimum absolute atomic E-state index is 0.259. The molecule has 0 amide bonds. The highest BCUT2D eigenvalue weighted by Gasteiger charge is 2.19. The summed E-state index contributed by atoms with van der Waals surface area (Å²) >= 11 is 0. The van der Waals surface area contributed by atoms with Crippen molar-refractivity contribution in [3.63, 3.8) is 0 Å². The summed E-state index contributed by atoms with van der Waals surface area (Å²) in [5, 5.41) is 2.08. The second-order valence-corrected chi connectivity index (χ2v) is 5.77. The van der Waals surface area contributed by atoms with Gasteiger partial charge in [-0.3, -0.25) is 4.84 Å². The molecule has 5 heteroatoms. The van der Waals surface area contributed by atoms with Gasteiger partial charge in [0.05, 0.1) is 6.61 Å². The van der Waals surface area contributed by atoms with Crippen molar-refractivity contribution in [3.05, 3.63) is 24.3 Å². The number of hydrogen-bond donors (Lipinski definition) is 0. The van der Waals surface area contributed by atoms with Crippen molar-refractivity contribution in [2.75, 3.05) is 26.3 Å². The molecule has 2 aliphatic rings. The lowest BCUT2D eigenvalue weighted by Gasteiger charge is -2.26. The molecule has 120 valence electrons. The van der Waals surface area contributed by atoms with E-state index in [1.807, 2.05) is 31.2 Å². The highest BCUT2D eigenvalue weighted by atomic mass is 16.7. The van der Waals surface area contributed by atoms with Gasteiger partial charge in [0, 0.05) is 25.2 Å². The van der Waals surface area contributed by atoms with Crippen molar-refractivity contribution in [2.45, 2.75) is 38.8 Å². The van der Waals surface area contributed by atoms with Crippen molar-refractivity contribution in [3.8, 4) is 11.5 Å². The zero-order valence-corrected chi connectivity index (χ0v) is 13.2. The van der Waals surface area contributed by atoms with Crippen molar-refractivity contribution >= 4 is 5.71 Å². The van der Waals surface area contributed by atoms with Crippen LogP contribution in [0.25, 0.3) is 0 Å². The Morgan fingerprint density at radius 3 is 2.82 bits per heavy atom. The minimum atomic E-state index is -0.259. The zero-order valence-electron chi connectivity index (χ0n) is 13.2. The molecule has 2 aliphatic heterocycles. The normalized spacial score (nSPS) is 22.6. The molecule has 22 heavy (non-hydrogen) atoms. The van der Waals surface area contributed by atoms with Crippen LogP contribution in [0.3, 0.4) is 0 Å². The maximum Gasteiger partial charge on any atom is 0.223 e. The van der Waals surface area contributed by atoms with Crippen LogP contribution in [0.4, 0.5) is 0 Å². The lowest BCUT2D eigenvalue weighted by molar-refractivity contribution is -0.166. The van der Waals surface area contributed by atoms with E-state index in [-0.39, 0.29) is 6.23 Å². The Labute approximate surface area is 131 Å². The summed E-state index contributed by atoms with van der Waals surface area (Å²) in [5.41, 5.74) is 1.03. The molecule has 0 aliphatic carbocycles. The Bertz CT molecular complexity index is 512. The Morgan fingerprint density at radius 2 is 2.00 bits per heavy atom. The molecule has 0 N–H and O–H groups in total. The van der Waals surface area contributed by atoms with Gasteiger partial charge in [0.2, 0.25) is 6.23 Å². The third-order valence-electron chi connectivity index (χ3n) is 3.91. The number of benzene rings is 1. The van der Waals surface area contributed by atoms with Crippen LogP contribution in [-0.2, 0) is 4.84 Å². The van der Waals surface area contributed by atoms with Gasteiger partial charge in [0.15, 0.2) is 11.5 Å². The minimum Gasteiger partial charge on any atom is -0.484 e. The second kappa shape index (κ2) is 7.61. The first-order valence-electron chi connectivity index (χ1n) is 8.11. The van der Waals surface area contributed by atoms with E-state index >= 15 is 0 Å². The summed E-state index contributed by atoms with van der Waals surface area (Å²) in [5.74, 6) is 1.56. The van der Waals surface area contributed by atoms with Gasteiger partial charge in [-0.1, -0.05) is 18.6 Å². The van der Waals surface area contributed by atoms with Crippen molar-refractivity contribution < 1.29 is 14.3 Å². The van der Waals surface area contributed by atoms with Gasteiger partial charge in [0.25, 0.3) is 0 Å². The fourth-order valence-corrected chi connectivity index (χ4v) is 2.70. The van der Waals surface area contributed by atoms with E-state index in [1.54, 1.807) is 0 Å². The first kappa shape index (κ1) is 15.3. The maximum absolute atomic E-state index is 5.84. The third-order valence-corrected chi connectivity index (χ3v) is 3.91. The molecule has 0 spiro atoms. The number of piperidine rings is 1. The monoisotopic (exact) mass is 304 g/mol. The van der Waals surface area contributed by atoms with E-state index in [9.17, 15) is 0 Å². The quantitative estimate of drug-likeness (QED) is 0.784. The van der Waals surface area contributed by atoms with Gasteiger partial charge in [-0.05, 0) is 31.9 Å². The van der Waals surface area contributed by atoms with E-state index in [4.69, 9.17) is 14.3 Å². The van der Waals surface area contributed by atoms with Gasteiger partial charge in [-0.15, -0.1) is 0 Å². The first-order chi connectivity index (χ1) is 10.8. The van der Waals surface area contributed by atoms with Crippen LogP contribution in [0.2, 0.25) is 0 Å². The SMILES string of the molecule is CC(CCON1CCCCC1)=NC1COc2ccccc2O1. The zero-order chi connectivity index (χ0) is 15.2. The van der Waals surface area contributed by atoms with Crippen molar-refractivity contribution in [2.24, 2.45) is 4.99 Å². The molecule has 1 aromatic carbocycles. The van der Waals surface area contributed by atoms with Crippen molar-refractivity contribution in [1.82, 2.24) is 5.06 Å². The van der Waals surface area contributed by atoms with Gasteiger partial charge in [-0.2, -0.15) is 5.06 Å². The van der Waals surface area contributed by atoms with Crippen LogP contribution in [-0.4, -0.2) is 43.3 Å². The maximum atomic E-state index is 5.84. The molecule has 0 radical (unpaired) electrons. The van der Waals surface area contributed by atoms with E-state index in [0.717, 1.165) is 36.7 Å². The van der Waals surface area contributed by atoms with Crippen LogP contribution in [0.1, 0.15) is 32.6 Å². The van der Waals surface area contributed by atoms with E-state index < -0.39 is 0 Å². The lowest BCUT2D eigenvalue weighted by Crippen LogP contribution is -2.31. The standard InChI is InChI=1S/C17H24N2O3/c1-14(9-12-21-19-10-5-2-6-11-19)18-17-13-20-15-7-3-4-8-16(15)22-17/h3-4,7-8,17H,2,5-6,9-13H2,1H3. The van der Waals surface area contributed by atoms with Crippen LogP contribution < -0.4 is 9.47 Å². The number of aliphatic imine (C=N–C) groups is 1. The smallest absolute Gasteiger partial charge is 0.223 e. The molecule has 0 bridgehead atoms. The Kier molecular flexibility index (Phi) is 5.29. The number of hydroxylamine groups is 2. The van der Waals surface area contributed by atoms with E-state index in [2.05, 4.69) is 10.1 Å². The highest BCUT2D eigenvalue weighted by molar-refractivity contribution is 5.82. The molecular formula is C17H24N2O3. The fourth-order valence-electron chi connectivity index (χ4n) is 2.70. The predicted molar refractivity (Wildman–Crippen MR) is 85.5 cm³/mol. The number of para-hydroxylation sites is 2. The lowest BCUT2D eigenvalue weighted by atomic mass is 10.2. The van der Waals surface area contributed by atoms with Gasteiger partial charge in [-0.25, -0.2) is 4.99 Å². The summed E-state index contributed by atoms with van der Waals surface area (Å²) in [7, 11) is 0. The summed E-state index contributed by atoms with van der Waals surface area (Å²) in [6.45, 7) is 5.25. The van der Waals surface area contributed by atoms with Gasteiger partial charge in [0.1, 0.15) is 6.61 Å². The van der Waals surface area contributed by atoms with Crippen LogP contribution in [0.15, 0.2) is 29.3 Å². The molecule has 2 heterocycles.